The summed E-state index contributed by atoms with van der Waals surface area (Å²) >= 11 is 0. The van der Waals surface area contributed by atoms with Gasteiger partial charge in [0.15, 0.2) is 5.69 Å². The summed E-state index contributed by atoms with van der Waals surface area (Å²) in [5.41, 5.74) is 2.63. The van der Waals surface area contributed by atoms with E-state index in [2.05, 4.69) is 15.5 Å². The van der Waals surface area contributed by atoms with Crippen LogP contribution in [0.5, 0.6) is 0 Å². The van der Waals surface area contributed by atoms with Crippen molar-refractivity contribution in [2.45, 2.75) is 63.2 Å². The van der Waals surface area contributed by atoms with Gasteiger partial charge in [-0.2, -0.15) is 5.10 Å². The smallest absolute Gasteiger partial charge is 0.272 e. The summed E-state index contributed by atoms with van der Waals surface area (Å²) in [6.45, 7) is 0. The Labute approximate surface area is 124 Å². The number of amides is 1. The van der Waals surface area contributed by atoms with E-state index in [0.717, 1.165) is 56.2 Å². The van der Waals surface area contributed by atoms with Gasteiger partial charge in [-0.1, -0.05) is 0 Å². The van der Waals surface area contributed by atoms with Gasteiger partial charge in [0, 0.05) is 18.4 Å². The lowest BCUT2D eigenvalue weighted by Crippen LogP contribution is -2.51. The van der Waals surface area contributed by atoms with Crippen LogP contribution in [-0.2, 0) is 17.6 Å². The van der Waals surface area contributed by atoms with Crippen LogP contribution in [0.4, 0.5) is 0 Å². The minimum Gasteiger partial charge on any atom is -0.388 e. The average molecular weight is 293 g/mol. The van der Waals surface area contributed by atoms with Gasteiger partial charge in [0.25, 0.3) is 5.91 Å². The molecule has 0 radical (unpaired) electrons. The molecule has 3 N–H and O–H groups in total. The van der Waals surface area contributed by atoms with Crippen LogP contribution in [0, 0.1) is 0 Å². The van der Waals surface area contributed by atoms with Gasteiger partial charge in [-0.15, -0.1) is 0 Å². The minimum atomic E-state index is -0.650. The fraction of sp³-hybridized carbons (Fsp3) is 0.733. The Morgan fingerprint density at radius 2 is 2.14 bits per heavy atom. The standard InChI is InChI=1S/C15H23N3O3/c1-21-12-8-4-7-11(14(12)19)16-15(20)13-9-5-2-3-6-10(9)17-18-13/h11-12,14,19H,2-8H2,1H3,(H,16,20)(H,17,18)/t11-,12-,14-/m1/s1. The van der Waals surface area contributed by atoms with Crippen molar-refractivity contribution >= 4 is 5.91 Å². The fourth-order valence-electron chi connectivity index (χ4n) is 3.46. The molecule has 3 atom stereocenters. The molecular weight excluding hydrogens is 270 g/mol. The Morgan fingerprint density at radius 1 is 1.33 bits per heavy atom. The van der Waals surface area contributed by atoms with Crippen molar-refractivity contribution in [1.82, 2.24) is 15.5 Å². The van der Waals surface area contributed by atoms with Crippen LogP contribution in [-0.4, -0.2) is 46.6 Å². The Bertz CT molecular complexity index is 514. The zero-order valence-corrected chi connectivity index (χ0v) is 12.4. The lowest BCUT2D eigenvalue weighted by molar-refractivity contribution is -0.0513. The van der Waals surface area contributed by atoms with Gasteiger partial charge in [0.05, 0.1) is 12.1 Å². The van der Waals surface area contributed by atoms with Crippen LogP contribution in [0.15, 0.2) is 0 Å². The topological polar surface area (TPSA) is 87.2 Å². The van der Waals surface area contributed by atoms with Crippen molar-refractivity contribution in [3.8, 4) is 0 Å². The summed E-state index contributed by atoms with van der Waals surface area (Å²) in [4.78, 5) is 12.4. The zero-order chi connectivity index (χ0) is 14.8. The van der Waals surface area contributed by atoms with E-state index in [1.54, 1.807) is 7.11 Å². The van der Waals surface area contributed by atoms with Gasteiger partial charge >= 0.3 is 0 Å². The van der Waals surface area contributed by atoms with Crippen molar-refractivity contribution in [1.29, 1.82) is 0 Å². The van der Waals surface area contributed by atoms with Gasteiger partial charge < -0.3 is 15.2 Å². The van der Waals surface area contributed by atoms with Crippen molar-refractivity contribution in [2.24, 2.45) is 0 Å². The summed E-state index contributed by atoms with van der Waals surface area (Å²) in [6, 6.07) is -0.257. The second-order valence-corrected chi connectivity index (χ2v) is 6.01. The number of H-pyrrole nitrogens is 1. The number of carbonyl (C=O) groups excluding carboxylic acids is 1. The number of aryl methyl sites for hydroxylation is 1. The van der Waals surface area contributed by atoms with E-state index in [-0.39, 0.29) is 18.1 Å². The lowest BCUT2D eigenvalue weighted by Gasteiger charge is -2.34. The van der Waals surface area contributed by atoms with E-state index in [0.29, 0.717) is 5.69 Å². The number of ether oxygens (including phenoxy) is 1. The number of hydrogen-bond acceptors (Lipinski definition) is 4. The number of aromatic nitrogens is 2. The molecule has 0 bridgehead atoms. The maximum absolute atomic E-state index is 12.4. The van der Waals surface area contributed by atoms with Crippen molar-refractivity contribution in [3.63, 3.8) is 0 Å². The minimum absolute atomic E-state index is 0.185. The quantitative estimate of drug-likeness (QED) is 0.774. The molecule has 0 aliphatic heterocycles. The maximum atomic E-state index is 12.4. The SMILES string of the molecule is CO[C@@H]1CCC[C@@H](NC(=O)c2n[nH]c3c2CCCC3)[C@H]1O. The molecule has 116 valence electrons. The van der Waals surface area contributed by atoms with Gasteiger partial charge in [-0.25, -0.2) is 0 Å². The number of aromatic amines is 1. The van der Waals surface area contributed by atoms with Crippen LogP contribution in [0.1, 0.15) is 53.8 Å². The summed E-state index contributed by atoms with van der Waals surface area (Å²) < 4.78 is 5.27. The van der Waals surface area contributed by atoms with E-state index < -0.39 is 6.10 Å². The van der Waals surface area contributed by atoms with E-state index in [1.165, 1.54) is 0 Å². The molecular formula is C15H23N3O3. The molecule has 1 heterocycles. The van der Waals surface area contributed by atoms with Gasteiger partial charge in [-0.3, -0.25) is 9.89 Å². The molecule has 1 amide bonds. The third-order valence-corrected chi connectivity index (χ3v) is 4.69. The Kier molecular flexibility index (Phi) is 4.26. The first-order valence-corrected chi connectivity index (χ1v) is 7.78. The van der Waals surface area contributed by atoms with Crippen molar-refractivity contribution in [3.05, 3.63) is 17.0 Å². The highest BCUT2D eigenvalue weighted by Gasteiger charge is 2.34. The summed E-state index contributed by atoms with van der Waals surface area (Å²) in [5, 5.41) is 20.3. The molecule has 0 unspecified atom stereocenters. The largest absolute Gasteiger partial charge is 0.388 e. The van der Waals surface area contributed by atoms with E-state index in [1.807, 2.05) is 0 Å². The highest BCUT2D eigenvalue weighted by Crippen LogP contribution is 2.24. The number of fused-ring (bicyclic) bond motifs is 1. The fourth-order valence-corrected chi connectivity index (χ4v) is 3.46. The predicted octanol–water partition coefficient (Wildman–Crippen LogP) is 0.947. The van der Waals surface area contributed by atoms with E-state index in [9.17, 15) is 9.90 Å². The third kappa shape index (κ3) is 2.82. The van der Waals surface area contributed by atoms with Crippen LogP contribution in [0.2, 0.25) is 0 Å². The second-order valence-electron chi connectivity index (χ2n) is 6.01. The molecule has 21 heavy (non-hydrogen) atoms. The molecule has 6 heteroatoms. The predicted molar refractivity (Wildman–Crippen MR) is 77.1 cm³/mol. The Balaban J connectivity index is 1.70. The van der Waals surface area contributed by atoms with E-state index >= 15 is 0 Å². The molecule has 0 aromatic carbocycles. The van der Waals surface area contributed by atoms with Crippen LogP contribution in [0.25, 0.3) is 0 Å². The molecule has 1 aromatic rings. The number of hydrogen-bond donors (Lipinski definition) is 3. The lowest BCUT2D eigenvalue weighted by atomic mass is 9.89. The maximum Gasteiger partial charge on any atom is 0.272 e. The molecule has 2 aliphatic rings. The van der Waals surface area contributed by atoms with Crippen molar-refractivity contribution in [2.75, 3.05) is 7.11 Å². The number of aliphatic hydroxyl groups is 1. The Hall–Kier alpha value is -1.40. The first-order chi connectivity index (χ1) is 10.2. The molecule has 1 fully saturated rings. The molecule has 1 saturated carbocycles. The molecule has 2 aliphatic carbocycles. The average Bonchev–Trinajstić information content (AvgIpc) is 2.93. The Morgan fingerprint density at radius 3 is 2.95 bits per heavy atom. The van der Waals surface area contributed by atoms with Crippen LogP contribution >= 0.6 is 0 Å². The second kappa shape index (κ2) is 6.15. The molecule has 3 rings (SSSR count). The normalized spacial score (nSPS) is 29.0. The summed E-state index contributed by atoms with van der Waals surface area (Å²) in [6.07, 6.45) is 5.83. The van der Waals surface area contributed by atoms with Crippen LogP contribution in [0.3, 0.4) is 0 Å². The highest BCUT2D eigenvalue weighted by molar-refractivity contribution is 5.94. The number of carbonyl (C=O) groups is 1. The summed E-state index contributed by atoms with van der Waals surface area (Å²) in [7, 11) is 1.60. The van der Waals surface area contributed by atoms with Gasteiger partial charge in [-0.05, 0) is 44.9 Å². The van der Waals surface area contributed by atoms with E-state index in [4.69, 9.17) is 4.74 Å². The third-order valence-electron chi connectivity index (χ3n) is 4.69. The van der Waals surface area contributed by atoms with Crippen molar-refractivity contribution < 1.29 is 14.6 Å². The molecule has 1 aromatic heterocycles. The molecule has 6 nitrogen and oxygen atoms in total. The zero-order valence-electron chi connectivity index (χ0n) is 12.4. The molecule has 0 saturated heterocycles. The summed E-state index contributed by atoms with van der Waals surface area (Å²) in [5.74, 6) is -0.185. The number of nitrogens with one attached hydrogen (secondary N) is 2. The highest BCUT2D eigenvalue weighted by atomic mass is 16.5. The monoisotopic (exact) mass is 293 g/mol. The van der Waals surface area contributed by atoms with Gasteiger partial charge in [0.1, 0.15) is 6.10 Å². The van der Waals surface area contributed by atoms with Crippen LogP contribution < -0.4 is 5.32 Å². The first-order valence-electron chi connectivity index (χ1n) is 7.78. The number of nitrogens with zero attached hydrogens (tertiary/aromatic N) is 1. The number of aliphatic hydroxyl groups excluding tert-OH is 1. The number of rotatable bonds is 3. The number of methoxy groups -OCH3 is 1. The van der Waals surface area contributed by atoms with Gasteiger partial charge in [0.2, 0.25) is 0 Å². The molecule has 0 spiro atoms. The first kappa shape index (κ1) is 14.5.